The first-order valence-corrected chi connectivity index (χ1v) is 8.02. The third-order valence-electron chi connectivity index (χ3n) is 3.67. The maximum absolute atomic E-state index is 11.9. The van der Waals surface area contributed by atoms with Gasteiger partial charge in [-0.1, -0.05) is 11.6 Å². The van der Waals surface area contributed by atoms with E-state index in [0.29, 0.717) is 18.1 Å². The van der Waals surface area contributed by atoms with Crippen LogP contribution >= 0.6 is 11.6 Å². The van der Waals surface area contributed by atoms with E-state index in [1.165, 1.54) is 0 Å². The lowest BCUT2D eigenvalue weighted by molar-refractivity contribution is -0.121. The zero-order valence-corrected chi connectivity index (χ0v) is 14.7. The molecule has 0 radical (unpaired) electrons. The Hall–Kier alpha value is -1.79. The summed E-state index contributed by atoms with van der Waals surface area (Å²) >= 11 is 6.07. The fourth-order valence-corrected chi connectivity index (χ4v) is 2.43. The third kappa shape index (κ3) is 4.59. The van der Waals surface area contributed by atoms with E-state index in [1.54, 1.807) is 4.68 Å². The smallest absolute Gasteiger partial charge is 0.241 e. The first-order chi connectivity index (χ1) is 10.9. The lowest BCUT2D eigenvalue weighted by Gasteiger charge is -2.12. The standard InChI is InChI=1S/C16H23ClN4O2/c1-10-5-6-14(23-10)11(2)18-7-8-19-15(22)9-21-13(4)16(17)12(3)20-21/h5-6,11,18H,7-9H2,1-4H3,(H,19,22). The molecule has 0 aromatic carbocycles. The molecule has 0 bridgehead atoms. The zero-order valence-electron chi connectivity index (χ0n) is 13.9. The summed E-state index contributed by atoms with van der Waals surface area (Å²) in [6, 6.07) is 4.00. The van der Waals surface area contributed by atoms with Crippen LogP contribution in [0.1, 0.15) is 35.9 Å². The van der Waals surface area contributed by atoms with Gasteiger partial charge < -0.3 is 15.1 Å². The van der Waals surface area contributed by atoms with Crippen LogP contribution in [0.4, 0.5) is 0 Å². The molecule has 1 unspecified atom stereocenters. The van der Waals surface area contributed by atoms with E-state index in [2.05, 4.69) is 15.7 Å². The van der Waals surface area contributed by atoms with Gasteiger partial charge in [-0.25, -0.2) is 0 Å². The highest BCUT2D eigenvalue weighted by Crippen LogP contribution is 2.18. The molecule has 0 saturated heterocycles. The molecule has 23 heavy (non-hydrogen) atoms. The number of aromatic nitrogens is 2. The Labute approximate surface area is 141 Å². The van der Waals surface area contributed by atoms with E-state index < -0.39 is 0 Å². The highest BCUT2D eigenvalue weighted by molar-refractivity contribution is 6.31. The molecule has 126 valence electrons. The van der Waals surface area contributed by atoms with Crippen molar-refractivity contribution in [3.8, 4) is 0 Å². The van der Waals surface area contributed by atoms with Gasteiger partial charge in [-0.15, -0.1) is 0 Å². The molecule has 2 aromatic heterocycles. The summed E-state index contributed by atoms with van der Waals surface area (Å²) in [5.74, 6) is 1.70. The minimum absolute atomic E-state index is 0.0874. The molecule has 7 heteroatoms. The van der Waals surface area contributed by atoms with E-state index in [9.17, 15) is 4.79 Å². The summed E-state index contributed by atoms with van der Waals surface area (Å²) < 4.78 is 7.17. The molecule has 1 amide bonds. The van der Waals surface area contributed by atoms with Crippen molar-refractivity contribution in [1.29, 1.82) is 0 Å². The number of nitrogens with one attached hydrogen (secondary N) is 2. The predicted octanol–water partition coefficient (Wildman–Crippen LogP) is 2.52. The van der Waals surface area contributed by atoms with Gasteiger partial charge in [0.2, 0.25) is 5.91 Å². The molecule has 0 fully saturated rings. The molecule has 0 saturated carbocycles. The van der Waals surface area contributed by atoms with Crippen LogP contribution in [-0.4, -0.2) is 28.8 Å². The van der Waals surface area contributed by atoms with Crippen LogP contribution in [0.15, 0.2) is 16.5 Å². The number of hydrogen-bond donors (Lipinski definition) is 2. The highest BCUT2D eigenvalue weighted by Gasteiger charge is 2.12. The molecule has 2 aromatic rings. The maximum Gasteiger partial charge on any atom is 0.241 e. The molecular formula is C16H23ClN4O2. The number of hydrogen-bond acceptors (Lipinski definition) is 4. The summed E-state index contributed by atoms with van der Waals surface area (Å²) in [4.78, 5) is 11.9. The fourth-order valence-electron chi connectivity index (χ4n) is 2.30. The van der Waals surface area contributed by atoms with Crippen molar-refractivity contribution in [1.82, 2.24) is 20.4 Å². The summed E-state index contributed by atoms with van der Waals surface area (Å²) in [6.45, 7) is 8.99. The van der Waals surface area contributed by atoms with Crippen LogP contribution in [0.2, 0.25) is 5.02 Å². The minimum Gasteiger partial charge on any atom is -0.465 e. The second-order valence-electron chi connectivity index (χ2n) is 5.62. The van der Waals surface area contributed by atoms with Crippen molar-refractivity contribution >= 4 is 17.5 Å². The van der Waals surface area contributed by atoms with E-state index >= 15 is 0 Å². The Morgan fingerprint density at radius 1 is 1.35 bits per heavy atom. The molecule has 0 aliphatic rings. The van der Waals surface area contributed by atoms with Gasteiger partial charge in [0.05, 0.1) is 22.5 Å². The van der Waals surface area contributed by atoms with Crippen LogP contribution in [0.5, 0.6) is 0 Å². The number of nitrogens with zero attached hydrogens (tertiary/aromatic N) is 2. The molecule has 1 atom stereocenters. The second-order valence-corrected chi connectivity index (χ2v) is 5.99. The summed E-state index contributed by atoms with van der Waals surface area (Å²) in [7, 11) is 0. The lowest BCUT2D eigenvalue weighted by atomic mass is 10.2. The monoisotopic (exact) mass is 338 g/mol. The van der Waals surface area contributed by atoms with Gasteiger partial charge in [0.25, 0.3) is 0 Å². The van der Waals surface area contributed by atoms with Gasteiger partial charge in [-0.05, 0) is 39.8 Å². The number of halogens is 1. The Morgan fingerprint density at radius 3 is 2.65 bits per heavy atom. The first kappa shape index (κ1) is 17.6. The van der Waals surface area contributed by atoms with Crippen molar-refractivity contribution in [3.05, 3.63) is 40.1 Å². The second kappa shape index (κ2) is 7.66. The molecule has 0 spiro atoms. The predicted molar refractivity (Wildman–Crippen MR) is 89.6 cm³/mol. The number of carbonyl (C=O) groups is 1. The molecule has 0 aliphatic heterocycles. The fraction of sp³-hybridized carbons (Fsp3) is 0.500. The minimum atomic E-state index is -0.0874. The Morgan fingerprint density at radius 2 is 2.09 bits per heavy atom. The van der Waals surface area contributed by atoms with Gasteiger partial charge >= 0.3 is 0 Å². The number of furan rings is 1. The SMILES string of the molecule is Cc1ccc(C(C)NCCNC(=O)Cn2nc(C)c(Cl)c2C)o1. The van der Waals surface area contributed by atoms with Crippen LogP contribution < -0.4 is 10.6 Å². The van der Waals surface area contributed by atoms with Gasteiger partial charge in [0, 0.05) is 13.1 Å². The normalized spacial score (nSPS) is 12.4. The van der Waals surface area contributed by atoms with Crippen LogP contribution in [0, 0.1) is 20.8 Å². The number of aryl methyl sites for hydroxylation is 2. The van der Waals surface area contributed by atoms with Gasteiger partial charge in [0.15, 0.2) is 0 Å². The average molecular weight is 339 g/mol. The van der Waals surface area contributed by atoms with Crippen molar-refractivity contribution in [3.63, 3.8) is 0 Å². The number of rotatable bonds is 7. The molecule has 2 rings (SSSR count). The highest BCUT2D eigenvalue weighted by atomic mass is 35.5. The van der Waals surface area contributed by atoms with Gasteiger partial charge in [-0.3, -0.25) is 9.48 Å². The lowest BCUT2D eigenvalue weighted by Crippen LogP contribution is -2.35. The Kier molecular flexibility index (Phi) is 5.85. The zero-order chi connectivity index (χ0) is 17.0. The van der Waals surface area contributed by atoms with E-state index in [-0.39, 0.29) is 18.5 Å². The first-order valence-electron chi connectivity index (χ1n) is 7.64. The van der Waals surface area contributed by atoms with E-state index in [4.69, 9.17) is 16.0 Å². The summed E-state index contributed by atoms with van der Waals surface area (Å²) in [5, 5.41) is 11.0. The van der Waals surface area contributed by atoms with Gasteiger partial charge in [-0.2, -0.15) is 5.10 Å². The van der Waals surface area contributed by atoms with E-state index in [0.717, 1.165) is 22.9 Å². The molecule has 2 N–H and O–H groups in total. The number of carbonyl (C=O) groups excluding carboxylic acids is 1. The van der Waals surface area contributed by atoms with Crippen molar-refractivity contribution in [2.24, 2.45) is 0 Å². The largest absolute Gasteiger partial charge is 0.465 e. The van der Waals surface area contributed by atoms with Crippen molar-refractivity contribution in [2.75, 3.05) is 13.1 Å². The number of amides is 1. The molecule has 0 aliphatic carbocycles. The third-order valence-corrected chi connectivity index (χ3v) is 4.22. The molecule has 2 heterocycles. The molecular weight excluding hydrogens is 316 g/mol. The topological polar surface area (TPSA) is 72.1 Å². The van der Waals surface area contributed by atoms with Crippen LogP contribution in [0.25, 0.3) is 0 Å². The van der Waals surface area contributed by atoms with Crippen molar-refractivity contribution < 1.29 is 9.21 Å². The quantitative estimate of drug-likeness (QED) is 0.761. The maximum atomic E-state index is 11.9. The van der Waals surface area contributed by atoms with Crippen LogP contribution in [0.3, 0.4) is 0 Å². The summed E-state index contributed by atoms with van der Waals surface area (Å²) in [5.41, 5.74) is 1.54. The van der Waals surface area contributed by atoms with Crippen LogP contribution in [-0.2, 0) is 11.3 Å². The Bertz CT molecular complexity index is 678. The summed E-state index contributed by atoms with van der Waals surface area (Å²) in [6.07, 6.45) is 0. The van der Waals surface area contributed by atoms with Crippen molar-refractivity contribution in [2.45, 2.75) is 40.3 Å². The average Bonchev–Trinajstić information content (AvgIpc) is 3.04. The Balaban J connectivity index is 1.71. The van der Waals surface area contributed by atoms with Gasteiger partial charge in [0.1, 0.15) is 18.1 Å². The molecule has 6 nitrogen and oxygen atoms in total. The van der Waals surface area contributed by atoms with E-state index in [1.807, 2.05) is 39.8 Å².